The third-order valence-electron chi connectivity index (χ3n) is 7.01. The number of nitrogens with one attached hydrogen (secondary N) is 2. The van der Waals surface area contributed by atoms with Crippen molar-refractivity contribution in [1.82, 2.24) is 0 Å². The van der Waals surface area contributed by atoms with Crippen LogP contribution >= 0.6 is 46.4 Å². The van der Waals surface area contributed by atoms with Crippen molar-refractivity contribution in [2.45, 2.75) is 0 Å². The summed E-state index contributed by atoms with van der Waals surface area (Å²) in [7, 11) is 0. The standard InChI is InChI=1S/C28H8Cl4N2O4/c29-19-17-18(20(30)22(32)21(19)31)28(38)16-12(27(17)37)6-8-14-24(16)34-13-7-5-11-15(23(13)33-14)26(36)10-4-2-1-3-9(10)25(11)35/h1-8H/p+2. The van der Waals surface area contributed by atoms with Gasteiger partial charge in [-0.3, -0.25) is 19.2 Å². The maximum atomic E-state index is 13.8. The molecule has 38 heavy (non-hydrogen) atoms. The van der Waals surface area contributed by atoms with Crippen LogP contribution in [0, 0.1) is 0 Å². The van der Waals surface area contributed by atoms with Crippen LogP contribution in [0.1, 0.15) is 0 Å². The Labute approximate surface area is 230 Å². The van der Waals surface area contributed by atoms with E-state index >= 15 is 0 Å². The van der Waals surface area contributed by atoms with Crippen LogP contribution in [0.15, 0.2) is 67.7 Å². The van der Waals surface area contributed by atoms with Gasteiger partial charge in [0.2, 0.25) is 10.9 Å². The number of hydrogen-bond acceptors (Lipinski definition) is 4. The SMILES string of the molecule is O=c1c2ccccc2c(=O)c2c1ccc1[nH+]c3c(ccc4c(=O)c5c(Cl)c(Cl)c(Cl)c(Cl)c5c(=O)c43)[nH+]c12. The monoisotopic (exact) mass is 578 g/mol. The van der Waals surface area contributed by atoms with Crippen molar-refractivity contribution in [2.24, 2.45) is 0 Å². The molecule has 1 aromatic heterocycles. The summed E-state index contributed by atoms with van der Waals surface area (Å²) in [6.45, 7) is 0. The molecule has 182 valence electrons. The van der Waals surface area contributed by atoms with Crippen molar-refractivity contribution < 1.29 is 9.97 Å². The molecule has 6 aromatic carbocycles. The number of H-pyrrole nitrogens is 2. The molecule has 0 unspecified atom stereocenters. The molecule has 0 aliphatic heterocycles. The predicted octanol–water partition coefficient (Wildman–Crippen LogP) is 5.16. The Morgan fingerprint density at radius 2 is 0.842 bits per heavy atom. The van der Waals surface area contributed by atoms with Gasteiger partial charge in [0.05, 0.1) is 30.9 Å². The minimum atomic E-state index is -0.562. The third kappa shape index (κ3) is 2.86. The number of aromatic amines is 2. The normalized spacial score (nSPS) is 12.1. The third-order valence-corrected chi connectivity index (χ3v) is 8.81. The molecule has 0 saturated carbocycles. The molecule has 0 bridgehead atoms. The second kappa shape index (κ2) is 7.91. The Kier molecular flexibility index (Phi) is 4.88. The lowest BCUT2D eigenvalue weighted by molar-refractivity contribution is -0.359. The second-order valence-electron chi connectivity index (χ2n) is 8.94. The maximum absolute atomic E-state index is 13.8. The fourth-order valence-electron chi connectivity index (χ4n) is 5.27. The topological polar surface area (TPSA) is 96.6 Å². The summed E-state index contributed by atoms with van der Waals surface area (Å²) in [5.41, 5.74) is -0.0523. The van der Waals surface area contributed by atoms with Crippen LogP contribution in [0.4, 0.5) is 0 Å². The Balaban J connectivity index is 1.71. The molecular weight excluding hydrogens is 570 g/mol. The van der Waals surface area contributed by atoms with Crippen molar-refractivity contribution in [2.75, 3.05) is 0 Å². The molecule has 0 radical (unpaired) electrons. The van der Waals surface area contributed by atoms with Crippen LogP contribution < -0.4 is 31.7 Å². The predicted molar refractivity (Wildman–Crippen MR) is 152 cm³/mol. The van der Waals surface area contributed by atoms with Crippen molar-refractivity contribution in [3.05, 3.63) is 110 Å². The van der Waals surface area contributed by atoms with Gasteiger partial charge in [0, 0.05) is 33.7 Å². The lowest BCUT2D eigenvalue weighted by Crippen LogP contribution is -2.24. The second-order valence-corrected chi connectivity index (χ2v) is 10.5. The van der Waals surface area contributed by atoms with Gasteiger partial charge in [0.25, 0.3) is 22.1 Å². The van der Waals surface area contributed by atoms with Crippen LogP contribution in [0.25, 0.3) is 65.2 Å². The van der Waals surface area contributed by atoms with Crippen LogP contribution in [0.5, 0.6) is 0 Å². The molecule has 6 nitrogen and oxygen atoms in total. The smallest absolute Gasteiger partial charge is 0.288 e. The molecule has 7 aromatic rings. The molecule has 0 spiro atoms. The van der Waals surface area contributed by atoms with Crippen molar-refractivity contribution >= 4 is 112 Å². The van der Waals surface area contributed by atoms with E-state index in [4.69, 9.17) is 46.4 Å². The molecule has 1 heterocycles. The van der Waals surface area contributed by atoms with Crippen LogP contribution in [-0.4, -0.2) is 0 Å². The average molecular weight is 580 g/mol. The van der Waals surface area contributed by atoms with Crippen molar-refractivity contribution in [3.8, 4) is 0 Å². The largest absolute Gasteiger partial charge is 0.289 e. The van der Waals surface area contributed by atoms with E-state index in [-0.39, 0.29) is 63.3 Å². The van der Waals surface area contributed by atoms with E-state index in [9.17, 15) is 19.2 Å². The minimum Gasteiger partial charge on any atom is -0.289 e. The highest BCUT2D eigenvalue weighted by atomic mass is 35.5. The molecule has 0 aliphatic carbocycles. The molecule has 0 amide bonds. The van der Waals surface area contributed by atoms with Crippen LogP contribution in [0.3, 0.4) is 0 Å². The van der Waals surface area contributed by atoms with E-state index in [0.717, 1.165) is 0 Å². The van der Waals surface area contributed by atoms with Gasteiger partial charge in [0.1, 0.15) is 10.8 Å². The van der Waals surface area contributed by atoms with E-state index in [0.29, 0.717) is 32.8 Å². The fourth-order valence-corrected chi connectivity index (χ4v) is 6.29. The molecule has 2 N–H and O–H groups in total. The Morgan fingerprint density at radius 1 is 0.421 bits per heavy atom. The van der Waals surface area contributed by atoms with E-state index in [2.05, 4.69) is 9.97 Å². The van der Waals surface area contributed by atoms with Gasteiger partial charge in [-0.25, -0.2) is 0 Å². The van der Waals surface area contributed by atoms with Gasteiger partial charge in [-0.2, -0.15) is 9.97 Å². The van der Waals surface area contributed by atoms with Crippen molar-refractivity contribution in [3.63, 3.8) is 0 Å². The number of halogens is 4. The lowest BCUT2D eigenvalue weighted by Gasteiger charge is -2.08. The summed E-state index contributed by atoms with van der Waals surface area (Å²) in [5.74, 6) is 0. The highest BCUT2D eigenvalue weighted by Crippen LogP contribution is 2.41. The summed E-state index contributed by atoms with van der Waals surface area (Å²) in [6, 6.07) is 13.0. The summed E-state index contributed by atoms with van der Waals surface area (Å²) in [5, 5.41) is 0.545. The Hall–Kier alpha value is -3.68. The molecule has 0 atom stereocenters. The number of aromatic nitrogens is 2. The van der Waals surface area contributed by atoms with Crippen LogP contribution in [-0.2, 0) is 0 Å². The first kappa shape index (κ1) is 23.4. The molecule has 10 heteroatoms. The van der Waals surface area contributed by atoms with E-state index in [1.54, 1.807) is 42.5 Å². The zero-order chi connectivity index (χ0) is 26.6. The first-order chi connectivity index (χ1) is 18.2. The fraction of sp³-hybridized carbons (Fsp3) is 0. The number of benzene rings is 6. The van der Waals surface area contributed by atoms with Gasteiger partial charge < -0.3 is 0 Å². The van der Waals surface area contributed by atoms with Gasteiger partial charge in [-0.05, 0) is 12.1 Å². The summed E-state index contributed by atoms with van der Waals surface area (Å²) >= 11 is 25.1. The Bertz CT molecular complexity index is 2490. The summed E-state index contributed by atoms with van der Waals surface area (Å²) < 4.78 is 0. The highest BCUT2D eigenvalue weighted by molar-refractivity contribution is 6.55. The van der Waals surface area contributed by atoms with Gasteiger partial charge in [0.15, 0.2) is 10.9 Å². The van der Waals surface area contributed by atoms with Gasteiger partial charge in [-0.15, -0.1) is 0 Å². The van der Waals surface area contributed by atoms with E-state index in [1.807, 2.05) is 0 Å². The minimum absolute atomic E-state index is 0.0694. The Morgan fingerprint density at radius 3 is 1.39 bits per heavy atom. The van der Waals surface area contributed by atoms with Gasteiger partial charge in [-0.1, -0.05) is 70.7 Å². The molecule has 0 aliphatic rings. The highest BCUT2D eigenvalue weighted by Gasteiger charge is 2.28. The average Bonchev–Trinajstić information content (AvgIpc) is 2.93. The van der Waals surface area contributed by atoms with Crippen molar-refractivity contribution in [1.29, 1.82) is 0 Å². The first-order valence-corrected chi connectivity index (χ1v) is 12.7. The molecule has 0 fully saturated rings. The summed E-state index contributed by atoms with van der Waals surface area (Å²) in [6.07, 6.45) is 0. The van der Waals surface area contributed by atoms with Crippen LogP contribution in [0.2, 0.25) is 20.1 Å². The summed E-state index contributed by atoms with van der Waals surface area (Å²) in [4.78, 5) is 60.3. The first-order valence-electron chi connectivity index (χ1n) is 11.2. The quantitative estimate of drug-likeness (QED) is 0.107. The lowest BCUT2D eigenvalue weighted by atomic mass is 9.99. The number of hydrogen-bond donors (Lipinski definition) is 0. The number of rotatable bonds is 0. The molecule has 7 rings (SSSR count). The van der Waals surface area contributed by atoms with E-state index < -0.39 is 10.9 Å². The zero-order valence-electron chi connectivity index (χ0n) is 18.8. The molecule has 0 saturated heterocycles. The van der Waals surface area contributed by atoms with Gasteiger partial charge >= 0.3 is 0 Å². The maximum Gasteiger partial charge on any atom is 0.288 e. The van der Waals surface area contributed by atoms with E-state index in [1.165, 1.54) is 6.07 Å². The zero-order valence-corrected chi connectivity index (χ0v) is 21.8. The molecular formula is C28H10Cl4N2O4+2. The number of fused-ring (bicyclic) bond motifs is 8.